The van der Waals surface area contributed by atoms with Crippen molar-refractivity contribution in [2.45, 2.75) is 70.9 Å². The van der Waals surface area contributed by atoms with E-state index in [0.717, 1.165) is 70.4 Å². The van der Waals surface area contributed by atoms with E-state index in [4.69, 9.17) is 4.74 Å². The number of carbonyl (C=O) groups is 1. The van der Waals surface area contributed by atoms with Crippen molar-refractivity contribution in [1.82, 2.24) is 10.2 Å². The zero-order chi connectivity index (χ0) is 24.0. The van der Waals surface area contributed by atoms with Gasteiger partial charge in [0, 0.05) is 50.0 Å². The number of nitro benzene ring substituents is 1. The van der Waals surface area contributed by atoms with Gasteiger partial charge < -0.3 is 19.9 Å². The molecule has 2 aliphatic rings. The summed E-state index contributed by atoms with van der Waals surface area (Å²) >= 11 is 0. The predicted molar refractivity (Wildman–Crippen MR) is 131 cm³/mol. The highest BCUT2D eigenvalue weighted by Crippen LogP contribution is 2.28. The average molecular weight is 461 g/mol. The molecule has 1 heterocycles. The molecule has 0 unspecified atom stereocenters. The highest BCUT2D eigenvalue weighted by Gasteiger charge is 2.27. The number of nitrogens with zero attached hydrogens (tertiary/aromatic N) is 3. The number of ether oxygens (including phenoxy) is 1. The highest BCUT2D eigenvalue weighted by molar-refractivity contribution is 5.68. The molecule has 8 nitrogen and oxygen atoms in total. The van der Waals surface area contributed by atoms with Crippen molar-refractivity contribution >= 4 is 17.5 Å². The number of hydrogen-bond acceptors (Lipinski definition) is 6. The fourth-order valence-corrected chi connectivity index (χ4v) is 5.08. The number of anilines is 1. The number of carbonyl (C=O) groups excluding carboxylic acids is 1. The Hall–Kier alpha value is -2.35. The Bertz CT molecular complexity index is 777. The van der Waals surface area contributed by atoms with Crippen LogP contribution in [-0.2, 0) is 4.74 Å². The number of piperidine rings is 1. The number of hydrogen-bond donors (Lipinski definition) is 1. The van der Waals surface area contributed by atoms with Crippen LogP contribution in [0.1, 0.15) is 59.3 Å². The van der Waals surface area contributed by atoms with E-state index in [1.807, 2.05) is 32.9 Å². The van der Waals surface area contributed by atoms with Gasteiger partial charge in [0.05, 0.1) is 4.92 Å². The van der Waals surface area contributed by atoms with Crippen LogP contribution in [0.4, 0.5) is 16.2 Å². The molecular formula is C25H40N4O4. The van der Waals surface area contributed by atoms with Gasteiger partial charge in [0.2, 0.25) is 0 Å². The van der Waals surface area contributed by atoms with Gasteiger partial charge >= 0.3 is 6.09 Å². The summed E-state index contributed by atoms with van der Waals surface area (Å²) in [5, 5.41) is 13.9. The molecule has 1 saturated heterocycles. The second kappa shape index (κ2) is 11.2. The first-order valence-corrected chi connectivity index (χ1v) is 12.3. The maximum atomic E-state index is 12.0. The van der Waals surface area contributed by atoms with Crippen LogP contribution in [0, 0.1) is 22.0 Å². The van der Waals surface area contributed by atoms with Gasteiger partial charge in [-0.3, -0.25) is 10.1 Å². The summed E-state index contributed by atoms with van der Waals surface area (Å²) in [7, 11) is 2.23. The largest absolute Gasteiger partial charge is 0.444 e. The normalized spacial score (nSPS) is 22.3. The van der Waals surface area contributed by atoms with Crippen LogP contribution in [0.3, 0.4) is 0 Å². The summed E-state index contributed by atoms with van der Waals surface area (Å²) in [6.45, 7) is 9.89. The van der Waals surface area contributed by atoms with Gasteiger partial charge in [-0.2, -0.15) is 0 Å². The number of nitro groups is 1. The third-order valence-electron chi connectivity index (χ3n) is 6.75. The molecule has 1 aromatic carbocycles. The summed E-state index contributed by atoms with van der Waals surface area (Å²) in [5.74, 6) is 1.38. The zero-order valence-electron chi connectivity index (χ0n) is 20.6. The first-order valence-electron chi connectivity index (χ1n) is 12.3. The Morgan fingerprint density at radius 3 is 2.12 bits per heavy atom. The Morgan fingerprint density at radius 1 is 1.06 bits per heavy atom. The van der Waals surface area contributed by atoms with E-state index in [-0.39, 0.29) is 22.7 Å². The lowest BCUT2D eigenvalue weighted by Crippen LogP contribution is -2.42. The SMILES string of the molecule is CN(CC1CCC(NC(=O)OC(C)(C)C)CC1)CC1CCN(c2ccc([N+](=O)[O-])cc2)CC1. The van der Waals surface area contributed by atoms with Crippen molar-refractivity contribution in [3.05, 3.63) is 34.4 Å². The molecule has 1 saturated carbocycles. The van der Waals surface area contributed by atoms with Gasteiger partial charge in [0.1, 0.15) is 5.60 Å². The monoisotopic (exact) mass is 460 g/mol. The molecule has 1 aromatic rings. The summed E-state index contributed by atoms with van der Waals surface area (Å²) < 4.78 is 5.38. The quantitative estimate of drug-likeness (QED) is 0.463. The van der Waals surface area contributed by atoms with Crippen molar-refractivity contribution in [3.8, 4) is 0 Å². The Labute approximate surface area is 197 Å². The topological polar surface area (TPSA) is 88.0 Å². The van der Waals surface area contributed by atoms with E-state index in [2.05, 4.69) is 22.2 Å². The average Bonchev–Trinajstić information content (AvgIpc) is 2.74. The number of nitrogens with one attached hydrogen (secondary N) is 1. The Balaban J connectivity index is 1.33. The highest BCUT2D eigenvalue weighted by atomic mass is 16.6. The molecule has 0 spiro atoms. The predicted octanol–water partition coefficient (Wildman–Crippen LogP) is 4.83. The third-order valence-corrected chi connectivity index (χ3v) is 6.75. The molecule has 1 aliphatic carbocycles. The number of non-ortho nitro benzene ring substituents is 1. The lowest BCUT2D eigenvalue weighted by molar-refractivity contribution is -0.384. The third kappa shape index (κ3) is 8.18. The summed E-state index contributed by atoms with van der Waals surface area (Å²) in [6, 6.07) is 7.13. The Morgan fingerprint density at radius 2 is 1.61 bits per heavy atom. The molecule has 2 fully saturated rings. The van der Waals surface area contributed by atoms with E-state index < -0.39 is 5.60 Å². The molecule has 0 bridgehead atoms. The van der Waals surface area contributed by atoms with Crippen molar-refractivity contribution in [2.24, 2.45) is 11.8 Å². The standard InChI is InChI=1S/C25H40N4O4/c1-25(2,3)33-24(30)26-21-7-5-19(6-8-21)17-27(4)18-20-13-15-28(16-14-20)22-9-11-23(12-10-22)29(31)32/h9-12,19-21H,5-8,13-18H2,1-4H3,(H,26,30). The second-order valence-corrected chi connectivity index (χ2v) is 10.8. The first-order chi connectivity index (χ1) is 15.6. The lowest BCUT2D eigenvalue weighted by Gasteiger charge is -2.37. The molecule has 0 atom stereocenters. The van der Waals surface area contributed by atoms with Crippen LogP contribution in [0.25, 0.3) is 0 Å². The van der Waals surface area contributed by atoms with Crippen LogP contribution in [-0.4, -0.2) is 60.8 Å². The minimum absolute atomic E-state index is 0.143. The van der Waals surface area contributed by atoms with Crippen LogP contribution in [0.5, 0.6) is 0 Å². The Kier molecular flexibility index (Phi) is 8.57. The van der Waals surface area contributed by atoms with E-state index in [9.17, 15) is 14.9 Å². The minimum atomic E-state index is -0.456. The van der Waals surface area contributed by atoms with Gasteiger partial charge in [0.25, 0.3) is 5.69 Å². The van der Waals surface area contributed by atoms with Crippen molar-refractivity contribution in [1.29, 1.82) is 0 Å². The van der Waals surface area contributed by atoms with Gasteiger partial charge in [0.15, 0.2) is 0 Å². The molecule has 3 rings (SSSR count). The summed E-state index contributed by atoms with van der Waals surface area (Å²) in [5.41, 5.74) is 0.760. The summed E-state index contributed by atoms with van der Waals surface area (Å²) in [6.07, 6.45) is 6.31. The molecule has 184 valence electrons. The van der Waals surface area contributed by atoms with Crippen LogP contribution < -0.4 is 10.2 Å². The molecule has 33 heavy (non-hydrogen) atoms. The minimum Gasteiger partial charge on any atom is -0.444 e. The van der Waals surface area contributed by atoms with E-state index in [1.165, 1.54) is 0 Å². The van der Waals surface area contributed by atoms with Crippen LogP contribution in [0.2, 0.25) is 0 Å². The molecule has 1 aliphatic heterocycles. The number of rotatable bonds is 7. The van der Waals surface area contributed by atoms with Crippen molar-refractivity contribution in [3.63, 3.8) is 0 Å². The van der Waals surface area contributed by atoms with Gasteiger partial charge in [-0.05, 0) is 90.3 Å². The number of benzene rings is 1. The number of alkyl carbamates (subject to hydrolysis) is 1. The second-order valence-electron chi connectivity index (χ2n) is 10.8. The van der Waals surface area contributed by atoms with Crippen molar-refractivity contribution in [2.75, 3.05) is 38.1 Å². The van der Waals surface area contributed by atoms with E-state index >= 15 is 0 Å². The first kappa shape index (κ1) is 25.3. The smallest absolute Gasteiger partial charge is 0.407 e. The van der Waals surface area contributed by atoms with E-state index in [0.29, 0.717) is 11.8 Å². The molecule has 8 heteroatoms. The zero-order valence-corrected chi connectivity index (χ0v) is 20.6. The molecule has 1 amide bonds. The molecular weight excluding hydrogens is 420 g/mol. The van der Waals surface area contributed by atoms with Crippen molar-refractivity contribution < 1.29 is 14.5 Å². The molecule has 0 aromatic heterocycles. The summed E-state index contributed by atoms with van der Waals surface area (Å²) in [4.78, 5) is 27.3. The molecule has 1 N–H and O–H groups in total. The van der Waals surface area contributed by atoms with Crippen LogP contribution >= 0.6 is 0 Å². The maximum absolute atomic E-state index is 12.0. The maximum Gasteiger partial charge on any atom is 0.407 e. The number of amides is 1. The molecule has 0 radical (unpaired) electrons. The van der Waals surface area contributed by atoms with Gasteiger partial charge in [-0.25, -0.2) is 4.79 Å². The van der Waals surface area contributed by atoms with E-state index in [1.54, 1.807) is 12.1 Å². The fourth-order valence-electron chi connectivity index (χ4n) is 5.08. The fraction of sp³-hybridized carbons (Fsp3) is 0.720. The van der Waals surface area contributed by atoms with Gasteiger partial charge in [-0.1, -0.05) is 0 Å². The van der Waals surface area contributed by atoms with Gasteiger partial charge in [-0.15, -0.1) is 0 Å². The lowest BCUT2D eigenvalue weighted by atomic mass is 9.85. The van der Waals surface area contributed by atoms with Crippen LogP contribution in [0.15, 0.2) is 24.3 Å².